The van der Waals surface area contributed by atoms with Crippen LogP contribution < -0.4 is 16.0 Å². The molecule has 3 rings (SSSR count). The molecule has 2 amide bonds. The van der Waals surface area contributed by atoms with Crippen molar-refractivity contribution in [3.63, 3.8) is 0 Å². The summed E-state index contributed by atoms with van der Waals surface area (Å²) in [5.74, 6) is 0.399. The number of anilines is 1. The lowest BCUT2D eigenvalue weighted by molar-refractivity contribution is 0.0492. The van der Waals surface area contributed by atoms with Crippen molar-refractivity contribution in [1.82, 2.24) is 10.3 Å². The number of carbonyl (C=O) groups excluding carboxylic acids is 2. The summed E-state index contributed by atoms with van der Waals surface area (Å²) in [6.07, 6.45) is 5.08. The average Bonchev–Trinajstić information content (AvgIpc) is 2.76. The van der Waals surface area contributed by atoms with Crippen molar-refractivity contribution in [3.8, 4) is 0 Å². The number of amides is 2. The maximum Gasteiger partial charge on any atom is 0.407 e. The molecule has 2 aliphatic rings. The third kappa shape index (κ3) is 4.03. The molecular weight excluding hydrogens is 320 g/mol. The summed E-state index contributed by atoms with van der Waals surface area (Å²) >= 11 is 0. The number of carbonyl (C=O) groups is 2. The van der Waals surface area contributed by atoms with E-state index in [-0.39, 0.29) is 12.1 Å². The van der Waals surface area contributed by atoms with E-state index in [1.165, 1.54) is 6.20 Å². The Morgan fingerprint density at radius 3 is 2.36 bits per heavy atom. The van der Waals surface area contributed by atoms with E-state index in [0.717, 1.165) is 31.5 Å². The van der Waals surface area contributed by atoms with Gasteiger partial charge in [0, 0.05) is 24.3 Å². The van der Waals surface area contributed by atoms with Gasteiger partial charge in [-0.25, -0.2) is 9.78 Å². The first-order valence-electron chi connectivity index (χ1n) is 8.76. The van der Waals surface area contributed by atoms with Crippen LogP contribution in [0, 0.1) is 0 Å². The second kappa shape index (κ2) is 6.54. The van der Waals surface area contributed by atoms with Gasteiger partial charge >= 0.3 is 6.09 Å². The molecular formula is C18H26N4O3. The standard InChI is InChI=1S/C18H26N4O3/c1-18(2,3)25-17(24)21-12-8-13-5-6-14(9-12)22(13)15-7-4-11(10-20-15)16(19)23/h4,7,10,12-14H,5-6,8-9H2,1-3H3,(H2,19,23)(H,21,24)/t12-,13+,14-. The van der Waals surface area contributed by atoms with E-state index in [1.54, 1.807) is 6.07 Å². The smallest absolute Gasteiger partial charge is 0.407 e. The van der Waals surface area contributed by atoms with Crippen LogP contribution >= 0.6 is 0 Å². The van der Waals surface area contributed by atoms with E-state index < -0.39 is 11.5 Å². The number of primary amides is 1. The molecule has 0 saturated carbocycles. The number of hydrogen-bond acceptors (Lipinski definition) is 5. The molecule has 0 aromatic carbocycles. The summed E-state index contributed by atoms with van der Waals surface area (Å²) in [6.45, 7) is 5.58. The highest BCUT2D eigenvalue weighted by Gasteiger charge is 2.42. The van der Waals surface area contributed by atoms with Gasteiger partial charge in [0.25, 0.3) is 0 Å². The Labute approximate surface area is 147 Å². The summed E-state index contributed by atoms with van der Waals surface area (Å²) in [5.41, 5.74) is 5.20. The van der Waals surface area contributed by atoms with Crippen LogP contribution in [-0.2, 0) is 4.74 Å². The fourth-order valence-electron chi connectivity index (χ4n) is 3.83. The van der Waals surface area contributed by atoms with Gasteiger partial charge in [-0.2, -0.15) is 0 Å². The summed E-state index contributed by atoms with van der Waals surface area (Å²) < 4.78 is 5.36. The van der Waals surface area contributed by atoms with Gasteiger partial charge in [0.15, 0.2) is 0 Å². The zero-order chi connectivity index (χ0) is 18.2. The molecule has 3 N–H and O–H groups in total. The molecule has 3 heterocycles. The molecule has 0 radical (unpaired) electrons. The van der Waals surface area contributed by atoms with E-state index in [0.29, 0.717) is 17.6 Å². The topological polar surface area (TPSA) is 97.5 Å². The summed E-state index contributed by atoms with van der Waals surface area (Å²) in [5, 5.41) is 3.00. The molecule has 3 atom stereocenters. The lowest BCUT2D eigenvalue weighted by Crippen LogP contribution is -2.51. The van der Waals surface area contributed by atoms with Gasteiger partial charge in [-0.1, -0.05) is 0 Å². The monoisotopic (exact) mass is 346 g/mol. The molecule has 2 fully saturated rings. The first-order chi connectivity index (χ1) is 11.7. The first kappa shape index (κ1) is 17.5. The van der Waals surface area contributed by atoms with Crippen molar-refractivity contribution in [2.75, 3.05) is 4.90 Å². The Bertz CT molecular complexity index is 639. The lowest BCUT2D eigenvalue weighted by atomic mass is 9.97. The fourth-order valence-corrected chi connectivity index (χ4v) is 3.83. The van der Waals surface area contributed by atoms with E-state index in [2.05, 4.69) is 15.2 Å². The Kier molecular flexibility index (Phi) is 4.58. The molecule has 25 heavy (non-hydrogen) atoms. The Morgan fingerprint density at radius 1 is 1.24 bits per heavy atom. The molecule has 7 nitrogen and oxygen atoms in total. The molecule has 1 aromatic heterocycles. The lowest BCUT2D eigenvalue weighted by Gasteiger charge is -2.40. The Hall–Kier alpha value is -2.31. The molecule has 0 unspecified atom stereocenters. The second-order valence-electron chi connectivity index (χ2n) is 7.88. The van der Waals surface area contributed by atoms with Gasteiger partial charge in [-0.15, -0.1) is 0 Å². The second-order valence-corrected chi connectivity index (χ2v) is 7.88. The number of piperidine rings is 1. The quantitative estimate of drug-likeness (QED) is 0.874. The number of hydrogen-bond donors (Lipinski definition) is 2. The summed E-state index contributed by atoms with van der Waals surface area (Å²) in [6, 6.07) is 4.37. The highest BCUT2D eigenvalue weighted by molar-refractivity contribution is 5.92. The minimum absolute atomic E-state index is 0.119. The first-order valence-corrected chi connectivity index (χ1v) is 8.76. The number of nitrogens with zero attached hydrogens (tertiary/aromatic N) is 2. The Balaban J connectivity index is 1.64. The highest BCUT2D eigenvalue weighted by atomic mass is 16.6. The molecule has 136 valence electrons. The SMILES string of the molecule is CC(C)(C)OC(=O)N[C@H]1C[C@H]2CC[C@@H](C1)N2c1ccc(C(N)=O)cn1. The normalized spacial score (nSPS) is 25.6. The molecule has 0 aliphatic carbocycles. The number of aromatic nitrogens is 1. The molecule has 7 heteroatoms. The third-order valence-corrected chi connectivity index (χ3v) is 4.75. The van der Waals surface area contributed by atoms with Gasteiger partial charge in [0.1, 0.15) is 11.4 Å². The average molecular weight is 346 g/mol. The van der Waals surface area contributed by atoms with Crippen molar-refractivity contribution < 1.29 is 14.3 Å². The minimum atomic E-state index is -0.490. The fraction of sp³-hybridized carbons (Fsp3) is 0.611. The van der Waals surface area contributed by atoms with Crippen LogP contribution in [0.3, 0.4) is 0 Å². The minimum Gasteiger partial charge on any atom is -0.444 e. The predicted octanol–water partition coefficient (Wildman–Crippen LogP) is 2.21. The predicted molar refractivity (Wildman–Crippen MR) is 94.4 cm³/mol. The molecule has 1 aromatic rings. The molecule has 2 aliphatic heterocycles. The van der Waals surface area contributed by atoms with Crippen molar-refractivity contribution >= 4 is 17.8 Å². The third-order valence-electron chi connectivity index (χ3n) is 4.75. The van der Waals surface area contributed by atoms with Gasteiger partial charge in [-0.3, -0.25) is 4.79 Å². The maximum absolute atomic E-state index is 12.0. The van der Waals surface area contributed by atoms with Crippen molar-refractivity contribution in [2.45, 2.75) is 70.2 Å². The van der Waals surface area contributed by atoms with E-state index in [9.17, 15) is 9.59 Å². The van der Waals surface area contributed by atoms with E-state index in [4.69, 9.17) is 10.5 Å². The largest absolute Gasteiger partial charge is 0.444 e. The van der Waals surface area contributed by atoms with Gasteiger partial charge < -0.3 is 20.7 Å². The number of ether oxygens (including phenoxy) is 1. The Morgan fingerprint density at radius 2 is 1.88 bits per heavy atom. The van der Waals surface area contributed by atoms with Crippen molar-refractivity contribution in [2.24, 2.45) is 5.73 Å². The van der Waals surface area contributed by atoms with Crippen LogP contribution in [0.4, 0.5) is 10.6 Å². The van der Waals surface area contributed by atoms with E-state index in [1.807, 2.05) is 26.8 Å². The summed E-state index contributed by atoms with van der Waals surface area (Å²) in [4.78, 5) is 29.9. The summed E-state index contributed by atoms with van der Waals surface area (Å²) in [7, 11) is 0. The van der Waals surface area contributed by atoms with Crippen LogP contribution in [0.1, 0.15) is 56.8 Å². The van der Waals surface area contributed by atoms with Crippen LogP contribution in [0.15, 0.2) is 18.3 Å². The van der Waals surface area contributed by atoms with Gasteiger partial charge in [-0.05, 0) is 58.6 Å². The van der Waals surface area contributed by atoms with Gasteiger partial charge in [0.05, 0.1) is 5.56 Å². The van der Waals surface area contributed by atoms with Crippen LogP contribution in [0.2, 0.25) is 0 Å². The molecule has 2 bridgehead atoms. The number of alkyl carbamates (subject to hydrolysis) is 1. The number of fused-ring (bicyclic) bond motifs is 2. The van der Waals surface area contributed by atoms with Gasteiger partial charge in [0.2, 0.25) is 5.91 Å². The number of pyridine rings is 1. The zero-order valence-electron chi connectivity index (χ0n) is 15.0. The zero-order valence-corrected chi connectivity index (χ0v) is 15.0. The number of nitrogens with two attached hydrogens (primary N) is 1. The van der Waals surface area contributed by atoms with Crippen molar-refractivity contribution in [3.05, 3.63) is 23.9 Å². The highest BCUT2D eigenvalue weighted by Crippen LogP contribution is 2.38. The molecule has 0 spiro atoms. The van der Waals surface area contributed by atoms with Crippen LogP contribution in [0.25, 0.3) is 0 Å². The molecule has 2 saturated heterocycles. The number of nitrogens with one attached hydrogen (secondary N) is 1. The van der Waals surface area contributed by atoms with Crippen molar-refractivity contribution in [1.29, 1.82) is 0 Å². The van der Waals surface area contributed by atoms with E-state index >= 15 is 0 Å². The number of rotatable bonds is 3. The maximum atomic E-state index is 12.0. The van der Waals surface area contributed by atoms with Crippen LogP contribution in [-0.4, -0.2) is 40.7 Å². The van der Waals surface area contributed by atoms with Crippen LogP contribution in [0.5, 0.6) is 0 Å².